The van der Waals surface area contributed by atoms with Crippen LogP contribution in [0.15, 0.2) is 53.1 Å². The van der Waals surface area contributed by atoms with Crippen molar-refractivity contribution in [3.05, 3.63) is 65.7 Å². The van der Waals surface area contributed by atoms with Crippen LogP contribution in [0.1, 0.15) is 33.7 Å². The number of carbonyl (C=O) groups excluding carboxylic acids is 2. The van der Waals surface area contributed by atoms with E-state index in [1.807, 2.05) is 30.3 Å². The number of nitrogens with zero attached hydrogens (tertiary/aromatic N) is 2. The zero-order valence-electron chi connectivity index (χ0n) is 15.9. The Morgan fingerprint density at radius 3 is 2.55 bits per heavy atom. The number of nitrogens with one attached hydrogen (secondary N) is 2. The summed E-state index contributed by atoms with van der Waals surface area (Å²) in [5, 5.41) is 14.1. The van der Waals surface area contributed by atoms with Crippen LogP contribution < -0.4 is 5.32 Å². The second kappa shape index (κ2) is 7.59. The molecule has 2 heterocycles. The first-order valence-corrected chi connectivity index (χ1v) is 9.05. The fourth-order valence-electron chi connectivity index (χ4n) is 2.97. The summed E-state index contributed by atoms with van der Waals surface area (Å²) in [7, 11) is 0. The Morgan fingerprint density at radius 2 is 1.86 bits per heavy atom. The van der Waals surface area contributed by atoms with Crippen molar-refractivity contribution >= 4 is 28.5 Å². The number of aromatic nitrogens is 3. The van der Waals surface area contributed by atoms with Gasteiger partial charge in [0.25, 0.3) is 5.91 Å². The van der Waals surface area contributed by atoms with E-state index >= 15 is 0 Å². The fraction of sp³-hybridized carbons (Fsp3) is 0.143. The first-order valence-electron chi connectivity index (χ1n) is 9.05. The summed E-state index contributed by atoms with van der Waals surface area (Å²) in [6.07, 6.45) is 0. The molecule has 0 fully saturated rings. The zero-order valence-corrected chi connectivity index (χ0v) is 15.9. The number of hydrogen-bond donors (Lipinski definition) is 2. The number of ether oxygens (including phenoxy) is 1. The Morgan fingerprint density at radius 1 is 1.10 bits per heavy atom. The molecule has 2 N–H and O–H groups in total. The lowest BCUT2D eigenvalue weighted by molar-refractivity contribution is 0.0521. The van der Waals surface area contributed by atoms with Crippen LogP contribution in [0.3, 0.4) is 0 Å². The third-order valence-corrected chi connectivity index (χ3v) is 4.37. The standard InChI is InChI=1S/C21H18N4O4/c1-3-28-21(27)19-16-9-6-14(11-17(16)23-24-19)13-4-7-15(8-5-13)22-20(26)18-10-12(2)29-25-18/h4-11H,3H2,1-2H3,(H,22,26)(H,23,24). The number of aromatic amines is 1. The summed E-state index contributed by atoms with van der Waals surface area (Å²) in [5.41, 5.74) is 3.79. The largest absolute Gasteiger partial charge is 0.461 e. The summed E-state index contributed by atoms with van der Waals surface area (Å²) < 4.78 is 9.94. The molecule has 0 radical (unpaired) electrons. The van der Waals surface area contributed by atoms with Gasteiger partial charge in [-0.2, -0.15) is 5.10 Å². The first-order chi connectivity index (χ1) is 14.0. The number of amides is 1. The van der Waals surface area contributed by atoms with E-state index in [1.54, 1.807) is 32.0 Å². The molecule has 8 heteroatoms. The molecule has 0 atom stereocenters. The van der Waals surface area contributed by atoms with Crippen molar-refractivity contribution in [2.24, 2.45) is 0 Å². The van der Waals surface area contributed by atoms with Crippen LogP contribution in [0.2, 0.25) is 0 Å². The van der Waals surface area contributed by atoms with Gasteiger partial charge < -0.3 is 14.6 Å². The minimum atomic E-state index is -0.450. The molecule has 4 aromatic rings. The Bertz CT molecular complexity index is 1190. The summed E-state index contributed by atoms with van der Waals surface area (Å²) in [6.45, 7) is 3.78. The molecule has 2 aromatic carbocycles. The highest BCUT2D eigenvalue weighted by Gasteiger charge is 2.16. The Labute approximate surface area is 165 Å². The van der Waals surface area contributed by atoms with E-state index in [4.69, 9.17) is 9.26 Å². The van der Waals surface area contributed by atoms with E-state index in [-0.39, 0.29) is 17.3 Å². The molecule has 0 aliphatic rings. The summed E-state index contributed by atoms with van der Waals surface area (Å²) >= 11 is 0. The number of hydrogen-bond acceptors (Lipinski definition) is 6. The monoisotopic (exact) mass is 390 g/mol. The van der Waals surface area contributed by atoms with E-state index in [0.29, 0.717) is 23.4 Å². The Kier molecular flexibility index (Phi) is 4.82. The Hall–Kier alpha value is -3.94. The van der Waals surface area contributed by atoms with Gasteiger partial charge in [0.15, 0.2) is 11.4 Å². The molecule has 0 unspecified atom stereocenters. The number of carbonyl (C=O) groups is 2. The van der Waals surface area contributed by atoms with Crippen molar-refractivity contribution in [2.45, 2.75) is 13.8 Å². The van der Waals surface area contributed by atoms with Gasteiger partial charge in [-0.25, -0.2) is 4.79 Å². The second-order valence-corrected chi connectivity index (χ2v) is 6.41. The quantitative estimate of drug-likeness (QED) is 0.499. The van der Waals surface area contributed by atoms with Gasteiger partial charge in [0.1, 0.15) is 5.76 Å². The van der Waals surface area contributed by atoms with E-state index in [2.05, 4.69) is 20.7 Å². The molecule has 0 aliphatic heterocycles. The maximum absolute atomic E-state index is 12.2. The lowest BCUT2D eigenvalue weighted by Gasteiger charge is -2.06. The van der Waals surface area contributed by atoms with Crippen molar-refractivity contribution in [2.75, 3.05) is 11.9 Å². The van der Waals surface area contributed by atoms with Crippen LogP contribution in [0, 0.1) is 6.92 Å². The van der Waals surface area contributed by atoms with E-state index in [9.17, 15) is 9.59 Å². The van der Waals surface area contributed by atoms with Crippen LogP contribution in [-0.2, 0) is 4.74 Å². The van der Waals surface area contributed by atoms with Crippen LogP contribution in [0.25, 0.3) is 22.0 Å². The molecule has 0 saturated carbocycles. The molecule has 0 bridgehead atoms. The lowest BCUT2D eigenvalue weighted by atomic mass is 10.0. The second-order valence-electron chi connectivity index (χ2n) is 6.41. The smallest absolute Gasteiger partial charge is 0.359 e. The highest BCUT2D eigenvalue weighted by atomic mass is 16.5. The molecule has 4 rings (SSSR count). The predicted molar refractivity (Wildman–Crippen MR) is 107 cm³/mol. The minimum Gasteiger partial charge on any atom is -0.461 e. The number of anilines is 1. The van der Waals surface area contributed by atoms with Crippen molar-refractivity contribution in [3.8, 4) is 11.1 Å². The number of H-pyrrole nitrogens is 1. The normalized spacial score (nSPS) is 10.8. The molecular weight excluding hydrogens is 372 g/mol. The molecule has 146 valence electrons. The van der Waals surface area contributed by atoms with Crippen molar-refractivity contribution in [1.29, 1.82) is 0 Å². The number of benzene rings is 2. The third-order valence-electron chi connectivity index (χ3n) is 4.37. The van der Waals surface area contributed by atoms with E-state index in [1.165, 1.54) is 0 Å². The predicted octanol–water partition coefficient (Wildman–Crippen LogP) is 3.96. The SMILES string of the molecule is CCOC(=O)c1n[nH]c2cc(-c3ccc(NC(=O)c4cc(C)on4)cc3)ccc12. The van der Waals surface area contributed by atoms with Gasteiger partial charge >= 0.3 is 5.97 Å². The molecule has 0 aliphatic carbocycles. The molecule has 0 saturated heterocycles. The van der Waals surface area contributed by atoms with Gasteiger partial charge in [0, 0.05) is 17.1 Å². The molecular formula is C21H18N4O4. The summed E-state index contributed by atoms with van der Waals surface area (Å²) in [4.78, 5) is 24.1. The molecule has 29 heavy (non-hydrogen) atoms. The highest BCUT2D eigenvalue weighted by molar-refractivity contribution is 6.03. The maximum atomic E-state index is 12.2. The maximum Gasteiger partial charge on any atom is 0.359 e. The number of esters is 1. The van der Waals surface area contributed by atoms with Gasteiger partial charge in [-0.05, 0) is 49.2 Å². The molecule has 8 nitrogen and oxygen atoms in total. The van der Waals surface area contributed by atoms with Crippen LogP contribution in [0.5, 0.6) is 0 Å². The van der Waals surface area contributed by atoms with Crippen molar-refractivity contribution < 1.29 is 18.8 Å². The van der Waals surface area contributed by atoms with E-state index < -0.39 is 5.97 Å². The molecule has 0 spiro atoms. The molecule has 2 aromatic heterocycles. The summed E-state index contributed by atoms with van der Waals surface area (Å²) in [6, 6.07) is 14.6. The van der Waals surface area contributed by atoms with E-state index in [0.717, 1.165) is 16.6 Å². The van der Waals surface area contributed by atoms with Crippen molar-refractivity contribution in [3.63, 3.8) is 0 Å². The highest BCUT2D eigenvalue weighted by Crippen LogP contribution is 2.26. The summed E-state index contributed by atoms with van der Waals surface area (Å²) in [5.74, 6) is -0.209. The first kappa shape index (κ1) is 18.4. The lowest BCUT2D eigenvalue weighted by Crippen LogP contribution is -2.11. The minimum absolute atomic E-state index is 0.230. The third kappa shape index (κ3) is 3.73. The topological polar surface area (TPSA) is 110 Å². The Balaban J connectivity index is 1.53. The van der Waals surface area contributed by atoms with Gasteiger partial charge in [-0.3, -0.25) is 9.89 Å². The zero-order chi connectivity index (χ0) is 20.4. The van der Waals surface area contributed by atoms with Gasteiger partial charge in [0.05, 0.1) is 12.1 Å². The van der Waals surface area contributed by atoms with Crippen molar-refractivity contribution in [1.82, 2.24) is 15.4 Å². The van der Waals surface area contributed by atoms with Gasteiger partial charge in [-0.1, -0.05) is 23.4 Å². The average molecular weight is 390 g/mol. The number of rotatable bonds is 5. The van der Waals surface area contributed by atoms with Gasteiger partial charge in [0.2, 0.25) is 0 Å². The fourth-order valence-corrected chi connectivity index (χ4v) is 2.97. The number of fused-ring (bicyclic) bond motifs is 1. The van der Waals surface area contributed by atoms with Crippen LogP contribution in [0.4, 0.5) is 5.69 Å². The molecule has 1 amide bonds. The number of aryl methyl sites for hydroxylation is 1. The average Bonchev–Trinajstić information content (AvgIpc) is 3.34. The van der Waals surface area contributed by atoms with Crippen LogP contribution in [-0.4, -0.2) is 33.8 Å². The van der Waals surface area contributed by atoms with Gasteiger partial charge in [-0.15, -0.1) is 0 Å². The van der Waals surface area contributed by atoms with Crippen LogP contribution >= 0.6 is 0 Å².